The van der Waals surface area contributed by atoms with Gasteiger partial charge in [0.1, 0.15) is 0 Å². The van der Waals surface area contributed by atoms with Crippen molar-refractivity contribution >= 4 is 28.5 Å². The zero-order valence-electron chi connectivity index (χ0n) is 9.03. The van der Waals surface area contributed by atoms with Crippen LogP contribution in [0.3, 0.4) is 0 Å². The van der Waals surface area contributed by atoms with E-state index in [9.17, 15) is 4.79 Å². The van der Waals surface area contributed by atoms with Gasteiger partial charge in [-0.05, 0) is 18.2 Å². The van der Waals surface area contributed by atoms with Gasteiger partial charge >= 0.3 is 5.97 Å². The van der Waals surface area contributed by atoms with Crippen LogP contribution in [0.4, 0.5) is 0 Å². The van der Waals surface area contributed by atoms with E-state index in [-0.39, 0.29) is 12.4 Å². The van der Waals surface area contributed by atoms with Gasteiger partial charge < -0.3 is 4.74 Å². The number of fused-ring (bicyclic) bond motifs is 1. The number of carbonyl (C=O) groups is 1. The van der Waals surface area contributed by atoms with Crippen LogP contribution in [0.15, 0.2) is 18.2 Å². The molecule has 4 nitrogen and oxygen atoms in total. The molecule has 0 N–H and O–H groups in total. The van der Waals surface area contributed by atoms with E-state index < -0.39 is 0 Å². The summed E-state index contributed by atoms with van der Waals surface area (Å²) in [6.45, 7) is 0. The van der Waals surface area contributed by atoms with Crippen LogP contribution in [0, 0.1) is 0 Å². The molecule has 0 atom stereocenters. The van der Waals surface area contributed by atoms with Crippen molar-refractivity contribution in [3.63, 3.8) is 0 Å². The third kappa shape index (κ3) is 1.88. The Morgan fingerprint density at radius 2 is 2.31 bits per heavy atom. The Balaban J connectivity index is 2.51. The molecule has 0 aliphatic heterocycles. The van der Waals surface area contributed by atoms with Gasteiger partial charge in [-0.25, -0.2) is 0 Å². The second kappa shape index (κ2) is 4.14. The fourth-order valence-electron chi connectivity index (χ4n) is 1.64. The van der Waals surface area contributed by atoms with Crippen molar-refractivity contribution < 1.29 is 9.53 Å². The van der Waals surface area contributed by atoms with Crippen molar-refractivity contribution in [2.75, 3.05) is 7.11 Å². The molecule has 0 bridgehead atoms. The van der Waals surface area contributed by atoms with Crippen LogP contribution < -0.4 is 0 Å². The van der Waals surface area contributed by atoms with Crippen LogP contribution in [0.25, 0.3) is 10.9 Å². The molecule has 0 amide bonds. The molecule has 1 heterocycles. The highest BCUT2D eigenvalue weighted by Crippen LogP contribution is 2.22. The lowest BCUT2D eigenvalue weighted by Crippen LogP contribution is -2.05. The van der Waals surface area contributed by atoms with Gasteiger partial charge in [-0.15, -0.1) is 0 Å². The Hall–Kier alpha value is -1.55. The molecule has 0 unspecified atom stereocenters. The van der Waals surface area contributed by atoms with Gasteiger partial charge in [-0.3, -0.25) is 9.48 Å². The topological polar surface area (TPSA) is 44.1 Å². The number of rotatable bonds is 2. The molecular weight excluding hydrogens is 228 g/mol. The van der Waals surface area contributed by atoms with Crippen molar-refractivity contribution in [2.45, 2.75) is 6.42 Å². The molecule has 16 heavy (non-hydrogen) atoms. The lowest BCUT2D eigenvalue weighted by atomic mass is 10.2. The van der Waals surface area contributed by atoms with E-state index in [4.69, 9.17) is 11.6 Å². The first kappa shape index (κ1) is 11.0. The second-order valence-corrected chi connectivity index (χ2v) is 3.92. The number of aromatic nitrogens is 2. The minimum Gasteiger partial charge on any atom is -0.469 e. The number of aryl methyl sites for hydroxylation is 1. The number of esters is 1. The SMILES string of the molecule is COC(=O)Cc1nn(C)c2cc(Cl)ccc12. The second-order valence-electron chi connectivity index (χ2n) is 3.48. The molecule has 84 valence electrons. The Morgan fingerprint density at radius 1 is 1.56 bits per heavy atom. The first-order valence-corrected chi connectivity index (χ1v) is 5.17. The Kier molecular flexibility index (Phi) is 2.83. The van der Waals surface area contributed by atoms with Gasteiger partial charge in [0.15, 0.2) is 0 Å². The molecule has 0 spiro atoms. The molecular formula is C11H11ClN2O2. The molecule has 0 aliphatic rings. The normalized spacial score (nSPS) is 10.7. The average molecular weight is 239 g/mol. The van der Waals surface area contributed by atoms with E-state index in [0.717, 1.165) is 10.9 Å². The van der Waals surface area contributed by atoms with Crippen molar-refractivity contribution in [1.29, 1.82) is 0 Å². The Labute approximate surface area is 97.8 Å². The number of halogens is 1. The van der Waals surface area contributed by atoms with Crippen molar-refractivity contribution in [2.24, 2.45) is 7.05 Å². The summed E-state index contributed by atoms with van der Waals surface area (Å²) in [5.74, 6) is -0.296. The number of nitrogens with zero attached hydrogens (tertiary/aromatic N) is 2. The summed E-state index contributed by atoms with van der Waals surface area (Å²) in [6, 6.07) is 5.47. The van der Waals surface area contributed by atoms with E-state index in [1.54, 1.807) is 10.7 Å². The first-order valence-electron chi connectivity index (χ1n) is 4.80. The number of ether oxygens (including phenoxy) is 1. The van der Waals surface area contributed by atoms with Crippen molar-refractivity contribution in [3.8, 4) is 0 Å². The lowest BCUT2D eigenvalue weighted by Gasteiger charge is -1.96. The van der Waals surface area contributed by atoms with E-state index in [0.29, 0.717) is 10.7 Å². The minimum absolute atomic E-state index is 0.176. The third-order valence-corrected chi connectivity index (χ3v) is 2.66. The first-order chi connectivity index (χ1) is 7.61. The Bertz CT molecular complexity index is 548. The lowest BCUT2D eigenvalue weighted by molar-refractivity contribution is -0.139. The summed E-state index contributed by atoms with van der Waals surface area (Å²) >= 11 is 5.90. The molecule has 0 saturated carbocycles. The molecule has 2 aromatic rings. The van der Waals surface area contributed by atoms with Crippen LogP contribution in [0.2, 0.25) is 5.02 Å². The monoisotopic (exact) mass is 238 g/mol. The maximum atomic E-state index is 11.2. The Morgan fingerprint density at radius 3 is 3.00 bits per heavy atom. The summed E-state index contributed by atoms with van der Waals surface area (Å²) in [6.07, 6.45) is 0.176. The number of benzene rings is 1. The third-order valence-electron chi connectivity index (χ3n) is 2.43. The average Bonchev–Trinajstić information content (AvgIpc) is 2.55. The van der Waals surface area contributed by atoms with Crippen LogP contribution >= 0.6 is 11.6 Å². The number of hydrogen-bond donors (Lipinski definition) is 0. The largest absolute Gasteiger partial charge is 0.469 e. The minimum atomic E-state index is -0.296. The molecule has 0 saturated heterocycles. The fraction of sp³-hybridized carbons (Fsp3) is 0.273. The molecule has 2 rings (SSSR count). The highest BCUT2D eigenvalue weighted by molar-refractivity contribution is 6.31. The van der Waals surface area contributed by atoms with Gasteiger partial charge in [0.05, 0.1) is 24.7 Å². The molecule has 0 radical (unpaired) electrons. The van der Waals surface area contributed by atoms with E-state index in [1.807, 2.05) is 19.2 Å². The summed E-state index contributed by atoms with van der Waals surface area (Å²) < 4.78 is 6.33. The van der Waals surface area contributed by atoms with Crippen LogP contribution in [0.5, 0.6) is 0 Å². The predicted molar refractivity (Wildman–Crippen MR) is 61.4 cm³/mol. The fourth-order valence-corrected chi connectivity index (χ4v) is 1.81. The van der Waals surface area contributed by atoms with Crippen LogP contribution in [-0.4, -0.2) is 22.9 Å². The van der Waals surface area contributed by atoms with Crippen molar-refractivity contribution in [3.05, 3.63) is 28.9 Å². The zero-order chi connectivity index (χ0) is 11.7. The standard InChI is InChI=1S/C11H11ClN2O2/c1-14-10-5-7(12)3-4-8(10)9(13-14)6-11(15)16-2/h3-5H,6H2,1-2H3. The van der Waals surface area contributed by atoms with E-state index >= 15 is 0 Å². The van der Waals surface area contributed by atoms with Crippen molar-refractivity contribution in [1.82, 2.24) is 9.78 Å². The summed E-state index contributed by atoms with van der Waals surface area (Å²) in [5.41, 5.74) is 1.62. The van der Waals surface area contributed by atoms with Gasteiger partial charge in [-0.2, -0.15) is 5.10 Å². The maximum absolute atomic E-state index is 11.2. The van der Waals surface area contributed by atoms with Gasteiger partial charge in [-0.1, -0.05) is 11.6 Å². The maximum Gasteiger partial charge on any atom is 0.311 e. The summed E-state index contributed by atoms with van der Waals surface area (Å²) in [5, 5.41) is 5.86. The molecule has 5 heteroatoms. The van der Waals surface area contributed by atoms with Crippen LogP contribution in [0.1, 0.15) is 5.69 Å². The van der Waals surface area contributed by atoms with E-state index in [1.165, 1.54) is 7.11 Å². The van der Waals surface area contributed by atoms with Gasteiger partial charge in [0, 0.05) is 17.5 Å². The molecule has 1 aromatic heterocycles. The smallest absolute Gasteiger partial charge is 0.311 e. The quantitative estimate of drug-likeness (QED) is 0.751. The van der Waals surface area contributed by atoms with Gasteiger partial charge in [0.2, 0.25) is 0 Å². The number of methoxy groups -OCH3 is 1. The number of carbonyl (C=O) groups excluding carboxylic acids is 1. The summed E-state index contributed by atoms with van der Waals surface area (Å²) in [7, 11) is 3.18. The molecule has 1 aromatic carbocycles. The molecule has 0 fully saturated rings. The summed E-state index contributed by atoms with van der Waals surface area (Å²) in [4.78, 5) is 11.2. The molecule has 0 aliphatic carbocycles. The highest BCUT2D eigenvalue weighted by Gasteiger charge is 2.12. The number of hydrogen-bond acceptors (Lipinski definition) is 3. The van der Waals surface area contributed by atoms with Gasteiger partial charge in [0.25, 0.3) is 0 Å². The van der Waals surface area contributed by atoms with E-state index in [2.05, 4.69) is 9.84 Å². The zero-order valence-corrected chi connectivity index (χ0v) is 9.78. The highest BCUT2D eigenvalue weighted by atomic mass is 35.5. The predicted octanol–water partition coefficient (Wildman–Crippen LogP) is 1.94. The van der Waals surface area contributed by atoms with Crippen LogP contribution in [-0.2, 0) is 23.0 Å².